The standard InChI is InChI=1S/C25H22FN5O3S/c1-30(15-17-2-7-21-22(14-17)34-13-12-33-21)23(32)16-35-25-29-28-24(18-8-10-27-11-9-18)31(25)20-5-3-19(26)4-6-20/h2-11,14H,12-13,15-16H2,1H3. The average Bonchev–Trinajstić information content (AvgIpc) is 3.32. The maximum atomic E-state index is 13.5. The van der Waals surface area contributed by atoms with Gasteiger partial charge in [-0.2, -0.15) is 0 Å². The maximum absolute atomic E-state index is 13.5. The van der Waals surface area contributed by atoms with Crippen molar-refractivity contribution < 1.29 is 18.7 Å². The summed E-state index contributed by atoms with van der Waals surface area (Å²) in [6.45, 7) is 1.48. The number of amides is 1. The van der Waals surface area contributed by atoms with Gasteiger partial charge in [0.15, 0.2) is 22.5 Å². The third kappa shape index (κ3) is 5.12. The van der Waals surface area contributed by atoms with E-state index in [0.717, 1.165) is 16.9 Å². The molecule has 5 rings (SSSR count). The smallest absolute Gasteiger partial charge is 0.233 e. The molecule has 2 aromatic carbocycles. The zero-order chi connectivity index (χ0) is 24.2. The van der Waals surface area contributed by atoms with Crippen molar-refractivity contribution in [1.29, 1.82) is 0 Å². The first-order valence-electron chi connectivity index (χ1n) is 11.0. The molecule has 0 fully saturated rings. The van der Waals surface area contributed by atoms with Crippen molar-refractivity contribution in [3.63, 3.8) is 0 Å². The van der Waals surface area contributed by atoms with Crippen molar-refractivity contribution in [3.05, 3.63) is 78.4 Å². The van der Waals surface area contributed by atoms with Gasteiger partial charge in [-0.15, -0.1) is 10.2 Å². The lowest BCUT2D eigenvalue weighted by Gasteiger charge is -2.21. The Hall–Kier alpha value is -3.92. The first kappa shape index (κ1) is 22.9. The molecule has 0 N–H and O–H groups in total. The predicted octanol–water partition coefficient (Wildman–Crippen LogP) is 3.99. The molecule has 1 amide bonds. The zero-order valence-corrected chi connectivity index (χ0v) is 19.7. The Morgan fingerprint density at radius 3 is 2.54 bits per heavy atom. The lowest BCUT2D eigenvalue weighted by molar-refractivity contribution is -0.127. The van der Waals surface area contributed by atoms with Crippen molar-refractivity contribution in [2.24, 2.45) is 0 Å². The molecule has 1 aliphatic heterocycles. The van der Waals surface area contributed by atoms with Crippen molar-refractivity contribution in [2.75, 3.05) is 26.0 Å². The van der Waals surface area contributed by atoms with Crippen LogP contribution in [-0.2, 0) is 11.3 Å². The van der Waals surface area contributed by atoms with Crippen LogP contribution < -0.4 is 9.47 Å². The second kappa shape index (κ2) is 10.1. The van der Waals surface area contributed by atoms with Gasteiger partial charge in [0.25, 0.3) is 0 Å². The fourth-order valence-corrected chi connectivity index (χ4v) is 4.55. The average molecular weight is 492 g/mol. The molecule has 178 valence electrons. The number of nitrogens with zero attached hydrogens (tertiary/aromatic N) is 5. The van der Waals surface area contributed by atoms with Gasteiger partial charge >= 0.3 is 0 Å². The van der Waals surface area contributed by atoms with Gasteiger partial charge in [0.1, 0.15) is 19.0 Å². The summed E-state index contributed by atoms with van der Waals surface area (Å²) in [5, 5.41) is 9.18. The summed E-state index contributed by atoms with van der Waals surface area (Å²) < 4.78 is 26.6. The van der Waals surface area contributed by atoms with Crippen LogP contribution in [0.5, 0.6) is 11.5 Å². The fourth-order valence-electron chi connectivity index (χ4n) is 3.66. The molecule has 4 aromatic rings. The molecular formula is C25H22FN5O3S. The van der Waals surface area contributed by atoms with Crippen LogP contribution in [0.25, 0.3) is 17.1 Å². The van der Waals surface area contributed by atoms with Crippen molar-refractivity contribution in [1.82, 2.24) is 24.6 Å². The Morgan fingerprint density at radius 1 is 1.03 bits per heavy atom. The third-order valence-electron chi connectivity index (χ3n) is 5.43. The van der Waals surface area contributed by atoms with E-state index in [1.165, 1.54) is 23.9 Å². The van der Waals surface area contributed by atoms with Crippen LogP contribution in [0.1, 0.15) is 5.56 Å². The number of hydrogen-bond acceptors (Lipinski definition) is 7. The van der Waals surface area contributed by atoms with E-state index in [2.05, 4.69) is 15.2 Å². The minimum absolute atomic E-state index is 0.0657. The van der Waals surface area contributed by atoms with Crippen molar-refractivity contribution in [3.8, 4) is 28.6 Å². The molecule has 35 heavy (non-hydrogen) atoms. The largest absolute Gasteiger partial charge is 0.486 e. The molecule has 2 aromatic heterocycles. The Labute approximate surface area is 205 Å². The summed E-state index contributed by atoms with van der Waals surface area (Å²) in [6, 6.07) is 15.4. The molecule has 0 spiro atoms. The minimum Gasteiger partial charge on any atom is -0.486 e. The first-order chi connectivity index (χ1) is 17.1. The van der Waals surface area contributed by atoms with Crippen LogP contribution >= 0.6 is 11.8 Å². The molecule has 0 atom stereocenters. The Kier molecular flexibility index (Phi) is 6.62. The van der Waals surface area contributed by atoms with Crippen LogP contribution in [0.3, 0.4) is 0 Å². The molecule has 0 saturated carbocycles. The Bertz CT molecular complexity index is 1330. The lowest BCUT2D eigenvalue weighted by atomic mass is 10.2. The highest BCUT2D eigenvalue weighted by Gasteiger charge is 2.19. The number of carbonyl (C=O) groups excluding carboxylic acids is 1. The van der Waals surface area contributed by atoms with Gasteiger partial charge in [-0.1, -0.05) is 17.8 Å². The number of rotatable bonds is 7. The van der Waals surface area contributed by atoms with E-state index in [-0.39, 0.29) is 17.5 Å². The highest BCUT2D eigenvalue weighted by Crippen LogP contribution is 2.31. The molecular weight excluding hydrogens is 469 g/mol. The normalized spacial score (nSPS) is 12.4. The summed E-state index contributed by atoms with van der Waals surface area (Å²) in [5.74, 6) is 1.76. The molecule has 1 aliphatic rings. The molecule has 0 bridgehead atoms. The topological polar surface area (TPSA) is 82.4 Å². The van der Waals surface area contributed by atoms with Gasteiger partial charge in [-0.25, -0.2) is 4.39 Å². The van der Waals surface area contributed by atoms with Gasteiger partial charge in [0.05, 0.1) is 5.75 Å². The zero-order valence-electron chi connectivity index (χ0n) is 18.9. The molecule has 0 unspecified atom stereocenters. The Morgan fingerprint density at radius 2 is 1.77 bits per heavy atom. The second-order valence-corrected chi connectivity index (χ2v) is 8.81. The summed E-state index contributed by atoms with van der Waals surface area (Å²) in [4.78, 5) is 18.6. The summed E-state index contributed by atoms with van der Waals surface area (Å²) in [5.41, 5.74) is 2.46. The molecule has 0 radical (unpaired) electrons. The van der Waals surface area contributed by atoms with E-state index in [1.54, 1.807) is 36.5 Å². The lowest BCUT2D eigenvalue weighted by Crippen LogP contribution is -2.28. The fraction of sp³-hybridized carbons (Fsp3) is 0.200. The third-order valence-corrected chi connectivity index (χ3v) is 6.35. The number of hydrogen-bond donors (Lipinski definition) is 0. The van der Waals surface area contributed by atoms with Gasteiger partial charge in [0.2, 0.25) is 5.91 Å². The number of ether oxygens (including phenoxy) is 2. The highest BCUT2D eigenvalue weighted by molar-refractivity contribution is 7.99. The van der Waals surface area contributed by atoms with Crippen LogP contribution in [0.15, 0.2) is 72.1 Å². The summed E-state index contributed by atoms with van der Waals surface area (Å²) >= 11 is 1.28. The van der Waals surface area contributed by atoms with Gasteiger partial charge in [-0.05, 0) is 54.1 Å². The van der Waals surface area contributed by atoms with Crippen molar-refractivity contribution in [2.45, 2.75) is 11.7 Å². The Balaban J connectivity index is 1.32. The van der Waals surface area contributed by atoms with E-state index in [1.807, 2.05) is 34.9 Å². The van der Waals surface area contributed by atoms with Crippen LogP contribution in [0, 0.1) is 5.82 Å². The summed E-state index contributed by atoms with van der Waals surface area (Å²) in [7, 11) is 1.76. The van der Waals surface area contributed by atoms with Crippen LogP contribution in [0.2, 0.25) is 0 Å². The van der Waals surface area contributed by atoms with E-state index >= 15 is 0 Å². The van der Waals surface area contributed by atoms with E-state index in [0.29, 0.717) is 42.2 Å². The quantitative estimate of drug-likeness (QED) is 0.362. The maximum Gasteiger partial charge on any atom is 0.233 e. The number of benzene rings is 2. The molecule has 0 saturated heterocycles. The number of halogens is 1. The van der Waals surface area contributed by atoms with Gasteiger partial charge in [-0.3, -0.25) is 14.3 Å². The summed E-state index contributed by atoms with van der Waals surface area (Å²) in [6.07, 6.45) is 3.34. The molecule has 8 nitrogen and oxygen atoms in total. The number of carbonyl (C=O) groups is 1. The minimum atomic E-state index is -0.336. The van der Waals surface area contributed by atoms with E-state index in [9.17, 15) is 9.18 Å². The molecule has 3 heterocycles. The number of aromatic nitrogens is 4. The van der Waals surface area contributed by atoms with E-state index in [4.69, 9.17) is 9.47 Å². The van der Waals surface area contributed by atoms with Gasteiger partial charge in [0, 0.05) is 37.2 Å². The number of fused-ring (bicyclic) bond motifs is 1. The first-order valence-corrected chi connectivity index (χ1v) is 11.9. The number of pyridine rings is 1. The number of thioether (sulfide) groups is 1. The van der Waals surface area contributed by atoms with Crippen LogP contribution in [0.4, 0.5) is 4.39 Å². The SMILES string of the molecule is CN(Cc1ccc2c(c1)OCCO2)C(=O)CSc1nnc(-c2ccncc2)n1-c1ccc(F)cc1. The molecule has 0 aliphatic carbocycles. The monoisotopic (exact) mass is 491 g/mol. The van der Waals surface area contributed by atoms with Crippen molar-refractivity contribution >= 4 is 17.7 Å². The van der Waals surface area contributed by atoms with Gasteiger partial charge < -0.3 is 14.4 Å². The predicted molar refractivity (Wildman–Crippen MR) is 129 cm³/mol. The second-order valence-electron chi connectivity index (χ2n) is 7.87. The molecule has 10 heteroatoms. The highest BCUT2D eigenvalue weighted by atomic mass is 32.2. The van der Waals surface area contributed by atoms with E-state index < -0.39 is 0 Å². The van der Waals surface area contributed by atoms with Crippen LogP contribution in [-0.4, -0.2) is 56.6 Å².